The Hall–Kier alpha value is -0.300. The molecule has 0 atom stereocenters. The summed E-state index contributed by atoms with van der Waals surface area (Å²) in [5, 5.41) is 6.77. The molecule has 0 spiro atoms. The molecule has 1 aromatic rings. The molecule has 0 unspecified atom stereocenters. The van der Waals surface area contributed by atoms with E-state index in [1.165, 1.54) is 9.75 Å². The Morgan fingerprint density at radius 1 is 1.39 bits per heavy atom. The van der Waals surface area contributed by atoms with E-state index in [1.54, 1.807) is 0 Å². The van der Waals surface area contributed by atoms with Crippen molar-refractivity contribution in [2.24, 2.45) is 0 Å². The van der Waals surface area contributed by atoms with E-state index in [1.807, 2.05) is 30.1 Å². The molecular weight excluding hydrogens is 282 g/mol. The first kappa shape index (κ1) is 15.8. The van der Waals surface area contributed by atoms with Gasteiger partial charge in [0.1, 0.15) is 0 Å². The van der Waals surface area contributed by atoms with Gasteiger partial charge in [-0.1, -0.05) is 0 Å². The predicted molar refractivity (Wildman–Crippen MR) is 87.5 cm³/mol. The molecule has 6 heteroatoms. The van der Waals surface area contributed by atoms with Crippen LogP contribution in [0.2, 0.25) is 0 Å². The molecule has 0 radical (unpaired) electrons. The van der Waals surface area contributed by atoms with Crippen LogP contribution in [-0.2, 0) is 12.3 Å². The number of thiocarbonyl (C=S) groups is 1. The molecule has 0 amide bonds. The lowest BCUT2D eigenvalue weighted by atomic mass is 10.4. The van der Waals surface area contributed by atoms with E-state index in [2.05, 4.69) is 41.8 Å². The predicted octanol–water partition coefficient (Wildman–Crippen LogP) is 2.14. The summed E-state index contributed by atoms with van der Waals surface area (Å²) >= 11 is 8.85. The Kier molecular flexibility index (Phi) is 7.65. The maximum atomic E-state index is 5.01. The molecule has 0 aliphatic rings. The number of hydrogen-bond donors (Lipinski definition) is 2. The SMILES string of the molecule is CNC(=S)NCCSCc1ccc(CN(C)C)s1. The Balaban J connectivity index is 2.15. The van der Waals surface area contributed by atoms with Gasteiger partial charge in [0.05, 0.1) is 0 Å². The van der Waals surface area contributed by atoms with Crippen LogP contribution >= 0.6 is 35.3 Å². The van der Waals surface area contributed by atoms with Gasteiger partial charge in [-0.05, 0) is 38.4 Å². The van der Waals surface area contributed by atoms with Crippen LogP contribution in [-0.4, -0.2) is 43.5 Å². The van der Waals surface area contributed by atoms with E-state index in [0.717, 1.165) is 29.7 Å². The highest BCUT2D eigenvalue weighted by Gasteiger charge is 2.01. The standard InChI is InChI=1S/C12H21N3S3/c1-13-12(16)14-6-7-17-9-11-5-4-10(18-11)8-15(2)3/h4-5H,6-9H2,1-3H3,(H2,13,14,16). The summed E-state index contributed by atoms with van der Waals surface area (Å²) in [7, 11) is 6.04. The first-order valence-corrected chi connectivity index (χ1v) is 8.25. The summed E-state index contributed by atoms with van der Waals surface area (Å²) in [5.74, 6) is 2.16. The largest absolute Gasteiger partial charge is 0.366 e. The van der Waals surface area contributed by atoms with Crippen LogP contribution in [0, 0.1) is 0 Å². The Labute approximate surface area is 123 Å². The maximum Gasteiger partial charge on any atom is 0.166 e. The number of thiophene rings is 1. The van der Waals surface area contributed by atoms with Crippen LogP contribution in [0.3, 0.4) is 0 Å². The van der Waals surface area contributed by atoms with Crippen molar-refractivity contribution < 1.29 is 0 Å². The van der Waals surface area contributed by atoms with E-state index in [-0.39, 0.29) is 0 Å². The third kappa shape index (κ3) is 6.58. The maximum absolute atomic E-state index is 5.01. The van der Waals surface area contributed by atoms with Gasteiger partial charge in [0.2, 0.25) is 0 Å². The van der Waals surface area contributed by atoms with Gasteiger partial charge in [-0.2, -0.15) is 11.8 Å². The molecule has 18 heavy (non-hydrogen) atoms. The summed E-state index contributed by atoms with van der Waals surface area (Å²) in [6.45, 7) is 1.95. The minimum absolute atomic E-state index is 0.722. The number of thioether (sulfide) groups is 1. The number of nitrogens with one attached hydrogen (secondary N) is 2. The summed E-state index contributed by atoms with van der Waals surface area (Å²) < 4.78 is 0. The fourth-order valence-corrected chi connectivity index (χ4v) is 3.60. The molecule has 1 aromatic heterocycles. The van der Waals surface area contributed by atoms with Gasteiger partial charge in [-0.25, -0.2) is 0 Å². The van der Waals surface area contributed by atoms with Gasteiger partial charge in [0.15, 0.2) is 5.11 Å². The van der Waals surface area contributed by atoms with Gasteiger partial charge in [-0.3, -0.25) is 0 Å². The zero-order chi connectivity index (χ0) is 13.4. The van der Waals surface area contributed by atoms with Crippen molar-refractivity contribution >= 4 is 40.4 Å². The Morgan fingerprint density at radius 3 is 2.78 bits per heavy atom. The molecule has 0 fully saturated rings. The first-order valence-electron chi connectivity index (χ1n) is 5.87. The van der Waals surface area contributed by atoms with E-state index in [4.69, 9.17) is 12.2 Å². The molecule has 0 bridgehead atoms. The monoisotopic (exact) mass is 303 g/mol. The first-order chi connectivity index (χ1) is 8.61. The highest BCUT2D eigenvalue weighted by Crippen LogP contribution is 2.22. The third-order valence-electron chi connectivity index (χ3n) is 2.19. The average molecular weight is 304 g/mol. The topological polar surface area (TPSA) is 27.3 Å². The fourth-order valence-electron chi connectivity index (χ4n) is 1.39. The third-order valence-corrected chi connectivity index (χ3v) is 4.80. The quantitative estimate of drug-likeness (QED) is 0.595. The van der Waals surface area contributed by atoms with Crippen molar-refractivity contribution in [2.75, 3.05) is 33.4 Å². The molecule has 0 saturated carbocycles. The molecule has 1 heterocycles. The summed E-state index contributed by atoms with van der Waals surface area (Å²) in [6.07, 6.45) is 0. The van der Waals surface area contributed by atoms with Crippen LogP contribution in [0.25, 0.3) is 0 Å². The molecule has 1 rings (SSSR count). The zero-order valence-electron chi connectivity index (χ0n) is 11.2. The number of hydrogen-bond acceptors (Lipinski definition) is 4. The van der Waals surface area contributed by atoms with Gasteiger partial charge < -0.3 is 15.5 Å². The number of nitrogens with zero attached hydrogens (tertiary/aromatic N) is 1. The molecule has 0 saturated heterocycles. The Bertz CT molecular complexity index is 363. The molecule has 0 aromatic carbocycles. The van der Waals surface area contributed by atoms with Gasteiger partial charge in [0, 0.05) is 41.4 Å². The normalized spacial score (nSPS) is 10.7. The summed E-state index contributed by atoms with van der Waals surface area (Å²) in [6, 6.07) is 4.47. The highest BCUT2D eigenvalue weighted by atomic mass is 32.2. The Morgan fingerprint density at radius 2 is 2.11 bits per heavy atom. The van der Waals surface area contributed by atoms with Crippen molar-refractivity contribution in [1.82, 2.24) is 15.5 Å². The van der Waals surface area contributed by atoms with Crippen LogP contribution in [0.15, 0.2) is 12.1 Å². The fraction of sp³-hybridized carbons (Fsp3) is 0.583. The zero-order valence-corrected chi connectivity index (χ0v) is 13.6. The lowest BCUT2D eigenvalue weighted by Gasteiger charge is -2.06. The molecular formula is C12H21N3S3. The van der Waals surface area contributed by atoms with Crippen LogP contribution in [0.5, 0.6) is 0 Å². The van der Waals surface area contributed by atoms with Crippen LogP contribution in [0.1, 0.15) is 9.75 Å². The van der Waals surface area contributed by atoms with E-state index >= 15 is 0 Å². The van der Waals surface area contributed by atoms with Crippen molar-refractivity contribution in [3.05, 3.63) is 21.9 Å². The smallest absolute Gasteiger partial charge is 0.166 e. The van der Waals surface area contributed by atoms with E-state index in [9.17, 15) is 0 Å². The number of rotatable bonds is 7. The van der Waals surface area contributed by atoms with Gasteiger partial charge in [-0.15, -0.1) is 11.3 Å². The molecule has 102 valence electrons. The van der Waals surface area contributed by atoms with Crippen molar-refractivity contribution in [2.45, 2.75) is 12.3 Å². The van der Waals surface area contributed by atoms with Crippen LogP contribution in [0.4, 0.5) is 0 Å². The van der Waals surface area contributed by atoms with Crippen molar-refractivity contribution in [3.63, 3.8) is 0 Å². The van der Waals surface area contributed by atoms with E-state index < -0.39 is 0 Å². The molecule has 3 nitrogen and oxygen atoms in total. The minimum Gasteiger partial charge on any atom is -0.366 e. The summed E-state index contributed by atoms with van der Waals surface area (Å²) in [4.78, 5) is 5.09. The van der Waals surface area contributed by atoms with E-state index in [0.29, 0.717) is 0 Å². The molecule has 0 aliphatic carbocycles. The summed E-state index contributed by atoms with van der Waals surface area (Å²) in [5.41, 5.74) is 0. The lowest BCUT2D eigenvalue weighted by Crippen LogP contribution is -2.33. The molecule has 2 N–H and O–H groups in total. The van der Waals surface area contributed by atoms with Gasteiger partial charge >= 0.3 is 0 Å². The van der Waals surface area contributed by atoms with Gasteiger partial charge in [0.25, 0.3) is 0 Å². The minimum atomic E-state index is 0.722. The highest BCUT2D eigenvalue weighted by molar-refractivity contribution is 7.98. The molecule has 0 aliphatic heterocycles. The average Bonchev–Trinajstić information content (AvgIpc) is 2.75. The second-order valence-electron chi connectivity index (χ2n) is 4.16. The van der Waals surface area contributed by atoms with Crippen molar-refractivity contribution in [3.8, 4) is 0 Å². The van der Waals surface area contributed by atoms with Crippen LogP contribution < -0.4 is 10.6 Å². The lowest BCUT2D eigenvalue weighted by molar-refractivity contribution is 0.406. The second kappa shape index (κ2) is 8.74. The second-order valence-corrected chi connectivity index (χ2v) is 6.93. The van der Waals surface area contributed by atoms with Crippen molar-refractivity contribution in [1.29, 1.82) is 0 Å².